The van der Waals surface area contributed by atoms with E-state index in [0.29, 0.717) is 6.54 Å². The van der Waals surface area contributed by atoms with Gasteiger partial charge in [-0.05, 0) is 31.0 Å². The number of ether oxygens (including phenoxy) is 1. The minimum absolute atomic E-state index is 0.102. The minimum atomic E-state index is -0.102. The average Bonchev–Trinajstić information content (AvgIpc) is 3.20. The Labute approximate surface area is 164 Å². The number of hydrogen-bond acceptors (Lipinski definition) is 2. The van der Waals surface area contributed by atoms with Gasteiger partial charge in [0, 0.05) is 34.6 Å². The Morgan fingerprint density at radius 3 is 2.79 bits per heavy atom. The summed E-state index contributed by atoms with van der Waals surface area (Å²) in [5, 5.41) is 1.17. The molecule has 1 amide bonds. The summed E-state index contributed by atoms with van der Waals surface area (Å²) < 4.78 is 6.22. The smallest absolute Gasteiger partial charge is 0.254 e. The summed E-state index contributed by atoms with van der Waals surface area (Å²) in [6.45, 7) is 5.60. The molecule has 0 spiro atoms. The minimum Gasteiger partial charge on any atom is -0.459 e. The van der Waals surface area contributed by atoms with E-state index in [0.717, 1.165) is 53.2 Å². The van der Waals surface area contributed by atoms with Gasteiger partial charge in [0.05, 0.1) is 12.1 Å². The van der Waals surface area contributed by atoms with Gasteiger partial charge >= 0.3 is 0 Å². The molecular formula is C24H24N2O2. The first-order chi connectivity index (χ1) is 13.7. The molecule has 1 unspecified atom stereocenters. The van der Waals surface area contributed by atoms with Crippen LogP contribution in [0.4, 0.5) is 0 Å². The van der Waals surface area contributed by atoms with Gasteiger partial charge in [0.2, 0.25) is 0 Å². The summed E-state index contributed by atoms with van der Waals surface area (Å²) in [5.74, 6) is 1.69. The Morgan fingerprint density at radius 1 is 1.14 bits per heavy atom. The van der Waals surface area contributed by atoms with E-state index in [4.69, 9.17) is 4.74 Å². The average molecular weight is 372 g/mol. The van der Waals surface area contributed by atoms with Gasteiger partial charge < -0.3 is 14.6 Å². The summed E-state index contributed by atoms with van der Waals surface area (Å²) in [5.41, 5.74) is 5.27. The van der Waals surface area contributed by atoms with E-state index < -0.39 is 0 Å². The van der Waals surface area contributed by atoms with Gasteiger partial charge in [0.1, 0.15) is 11.5 Å². The zero-order valence-corrected chi connectivity index (χ0v) is 16.3. The Balaban J connectivity index is 1.70. The van der Waals surface area contributed by atoms with Crippen molar-refractivity contribution in [2.45, 2.75) is 32.6 Å². The van der Waals surface area contributed by atoms with Crippen molar-refractivity contribution in [1.82, 2.24) is 9.88 Å². The molecule has 4 nitrogen and oxygen atoms in total. The molecule has 2 aliphatic rings. The van der Waals surface area contributed by atoms with E-state index in [2.05, 4.69) is 43.1 Å². The molecule has 3 aromatic rings. The maximum absolute atomic E-state index is 13.4. The van der Waals surface area contributed by atoms with Crippen molar-refractivity contribution in [3.05, 3.63) is 76.7 Å². The molecule has 2 aliphatic heterocycles. The molecule has 142 valence electrons. The second kappa shape index (κ2) is 6.55. The molecule has 4 heteroatoms. The van der Waals surface area contributed by atoms with Gasteiger partial charge in [-0.3, -0.25) is 4.79 Å². The maximum atomic E-state index is 13.4. The molecule has 1 atom stereocenters. The quantitative estimate of drug-likeness (QED) is 0.708. The van der Waals surface area contributed by atoms with E-state index in [-0.39, 0.29) is 11.8 Å². The number of aromatic nitrogens is 1. The van der Waals surface area contributed by atoms with Crippen molar-refractivity contribution < 1.29 is 9.53 Å². The number of unbranched alkanes of at least 4 members (excludes halogenated alkanes) is 1. The van der Waals surface area contributed by atoms with Gasteiger partial charge in [-0.15, -0.1) is 0 Å². The van der Waals surface area contributed by atoms with E-state index in [1.165, 1.54) is 10.9 Å². The highest BCUT2D eigenvalue weighted by atomic mass is 16.5. The van der Waals surface area contributed by atoms with Crippen molar-refractivity contribution in [3.8, 4) is 5.75 Å². The van der Waals surface area contributed by atoms with Crippen LogP contribution in [-0.2, 0) is 4.79 Å². The molecule has 1 N–H and O–H groups in total. The normalized spacial score (nSPS) is 18.4. The van der Waals surface area contributed by atoms with Crippen LogP contribution in [0.2, 0.25) is 0 Å². The third-order valence-electron chi connectivity index (χ3n) is 5.92. The van der Waals surface area contributed by atoms with Crippen molar-refractivity contribution in [3.63, 3.8) is 0 Å². The lowest BCUT2D eigenvalue weighted by Gasteiger charge is -2.27. The molecule has 0 bridgehead atoms. The molecule has 1 aromatic heterocycles. The Morgan fingerprint density at radius 2 is 1.93 bits per heavy atom. The number of fused-ring (bicyclic) bond motifs is 2. The van der Waals surface area contributed by atoms with Gasteiger partial charge in [-0.25, -0.2) is 0 Å². The standard InChI is InChI=1S/C24H24N2O2/c1-3-4-13-26-14-20-23(24(26)27)22(17-10-6-8-12-19(17)28-20)21-15(2)25-18-11-7-5-9-16(18)21/h5-12,22,25H,3-4,13-14H2,1-2H3. The van der Waals surface area contributed by atoms with Crippen LogP contribution in [0.1, 0.15) is 42.5 Å². The number of nitrogens with zero attached hydrogens (tertiary/aromatic N) is 1. The summed E-state index contributed by atoms with van der Waals surface area (Å²) in [4.78, 5) is 18.8. The lowest BCUT2D eigenvalue weighted by molar-refractivity contribution is -0.125. The van der Waals surface area contributed by atoms with Crippen LogP contribution >= 0.6 is 0 Å². The fraction of sp³-hybridized carbons (Fsp3) is 0.292. The number of aromatic amines is 1. The van der Waals surface area contributed by atoms with Crippen LogP contribution in [0.25, 0.3) is 10.9 Å². The topological polar surface area (TPSA) is 45.3 Å². The highest BCUT2D eigenvalue weighted by molar-refractivity contribution is 6.01. The fourth-order valence-corrected chi connectivity index (χ4v) is 4.59. The molecular weight excluding hydrogens is 348 g/mol. The molecule has 28 heavy (non-hydrogen) atoms. The first-order valence-electron chi connectivity index (χ1n) is 10.0. The number of carbonyl (C=O) groups is 1. The van der Waals surface area contributed by atoms with Crippen LogP contribution < -0.4 is 4.74 Å². The summed E-state index contributed by atoms with van der Waals surface area (Å²) in [7, 11) is 0. The third-order valence-corrected chi connectivity index (χ3v) is 5.92. The van der Waals surface area contributed by atoms with Gasteiger partial charge in [-0.2, -0.15) is 0 Å². The van der Waals surface area contributed by atoms with E-state index in [1.807, 2.05) is 29.2 Å². The molecule has 0 saturated heterocycles. The Bertz CT molecular complexity index is 1110. The summed E-state index contributed by atoms with van der Waals surface area (Å²) in [6, 6.07) is 16.5. The zero-order valence-electron chi connectivity index (χ0n) is 16.3. The number of nitrogens with one attached hydrogen (secondary N) is 1. The second-order valence-corrected chi connectivity index (χ2v) is 7.70. The van der Waals surface area contributed by atoms with E-state index in [9.17, 15) is 4.79 Å². The van der Waals surface area contributed by atoms with Crippen molar-refractivity contribution >= 4 is 16.8 Å². The van der Waals surface area contributed by atoms with Gasteiger partial charge in [0.25, 0.3) is 5.91 Å². The number of amides is 1. The fourth-order valence-electron chi connectivity index (χ4n) is 4.59. The van der Waals surface area contributed by atoms with Crippen LogP contribution in [0.5, 0.6) is 5.75 Å². The molecule has 0 saturated carbocycles. The number of carbonyl (C=O) groups excluding carboxylic acids is 1. The van der Waals surface area contributed by atoms with Crippen LogP contribution in [-0.4, -0.2) is 28.9 Å². The SMILES string of the molecule is CCCCN1CC2=C(C1=O)C(c1c(C)[nH]c3ccccc13)c1ccccc1O2. The van der Waals surface area contributed by atoms with E-state index >= 15 is 0 Å². The summed E-state index contributed by atoms with van der Waals surface area (Å²) >= 11 is 0. The van der Waals surface area contributed by atoms with Gasteiger partial charge in [-0.1, -0.05) is 49.7 Å². The Kier molecular flexibility index (Phi) is 4.00. The van der Waals surface area contributed by atoms with Crippen molar-refractivity contribution in [2.24, 2.45) is 0 Å². The lowest BCUT2D eigenvalue weighted by atomic mass is 9.81. The second-order valence-electron chi connectivity index (χ2n) is 7.70. The number of hydrogen-bond donors (Lipinski definition) is 1. The van der Waals surface area contributed by atoms with Crippen LogP contribution in [0.15, 0.2) is 59.9 Å². The number of para-hydroxylation sites is 2. The zero-order chi connectivity index (χ0) is 19.3. The number of rotatable bonds is 4. The largest absolute Gasteiger partial charge is 0.459 e. The molecule has 0 radical (unpaired) electrons. The number of aryl methyl sites for hydroxylation is 1. The van der Waals surface area contributed by atoms with Crippen molar-refractivity contribution in [1.29, 1.82) is 0 Å². The highest BCUT2D eigenvalue weighted by Crippen LogP contribution is 2.48. The molecule has 0 aliphatic carbocycles. The predicted octanol–water partition coefficient (Wildman–Crippen LogP) is 4.90. The maximum Gasteiger partial charge on any atom is 0.254 e. The van der Waals surface area contributed by atoms with Crippen LogP contribution in [0.3, 0.4) is 0 Å². The third kappa shape index (κ3) is 2.48. The van der Waals surface area contributed by atoms with Crippen molar-refractivity contribution in [2.75, 3.05) is 13.1 Å². The molecule has 2 aromatic carbocycles. The molecule has 3 heterocycles. The van der Waals surface area contributed by atoms with Gasteiger partial charge in [0.15, 0.2) is 0 Å². The number of benzene rings is 2. The number of H-pyrrole nitrogens is 1. The van der Waals surface area contributed by atoms with E-state index in [1.54, 1.807) is 0 Å². The lowest BCUT2D eigenvalue weighted by Crippen LogP contribution is -2.29. The van der Waals surface area contributed by atoms with Crippen LogP contribution in [0, 0.1) is 6.92 Å². The molecule has 0 fully saturated rings. The summed E-state index contributed by atoms with van der Waals surface area (Å²) in [6.07, 6.45) is 2.08. The first-order valence-corrected chi connectivity index (χ1v) is 10.0. The molecule has 5 rings (SSSR count). The first kappa shape index (κ1) is 17.1. The Hall–Kier alpha value is -3.01. The highest BCUT2D eigenvalue weighted by Gasteiger charge is 2.43. The monoisotopic (exact) mass is 372 g/mol. The predicted molar refractivity (Wildman–Crippen MR) is 110 cm³/mol.